The lowest BCUT2D eigenvalue weighted by molar-refractivity contribution is 0.100. The van der Waals surface area contributed by atoms with Crippen LogP contribution in [0.4, 0.5) is 0 Å². The Kier molecular flexibility index (Phi) is 6.16. The topological polar surface area (TPSA) is 55.1 Å². The Morgan fingerprint density at radius 3 is 2.72 bits per heavy atom. The second kappa shape index (κ2) is 7.39. The van der Waals surface area contributed by atoms with Crippen molar-refractivity contribution in [1.82, 2.24) is 5.32 Å². The highest BCUT2D eigenvalue weighted by atomic mass is 35.5. The number of amides is 1. The minimum absolute atomic E-state index is 0.448. The van der Waals surface area contributed by atoms with Crippen LogP contribution in [-0.2, 0) is 6.54 Å². The molecule has 1 aromatic rings. The first-order valence-electron chi connectivity index (χ1n) is 6.29. The molecule has 0 radical (unpaired) electrons. The van der Waals surface area contributed by atoms with E-state index in [1.54, 1.807) is 12.1 Å². The van der Waals surface area contributed by atoms with Crippen molar-refractivity contribution in [2.45, 2.75) is 33.2 Å². The highest BCUT2D eigenvalue weighted by Gasteiger charge is 2.05. The van der Waals surface area contributed by atoms with Crippen molar-refractivity contribution in [3.63, 3.8) is 0 Å². The molecule has 1 aromatic carbocycles. The molecule has 3 N–H and O–H groups in total. The van der Waals surface area contributed by atoms with Crippen molar-refractivity contribution >= 4 is 17.5 Å². The fourth-order valence-corrected chi connectivity index (χ4v) is 1.95. The van der Waals surface area contributed by atoms with E-state index < -0.39 is 5.91 Å². The van der Waals surface area contributed by atoms with Gasteiger partial charge in [0.2, 0.25) is 5.91 Å². The molecule has 3 nitrogen and oxygen atoms in total. The predicted octanol–water partition coefficient (Wildman–Crippen LogP) is 2.96. The number of nitrogens with two attached hydrogens (primary N) is 1. The number of halogens is 1. The van der Waals surface area contributed by atoms with Gasteiger partial charge in [-0.3, -0.25) is 4.79 Å². The Labute approximate surface area is 114 Å². The molecule has 0 saturated carbocycles. The van der Waals surface area contributed by atoms with E-state index in [0.29, 0.717) is 10.6 Å². The van der Waals surface area contributed by atoms with Gasteiger partial charge in [-0.2, -0.15) is 0 Å². The van der Waals surface area contributed by atoms with Crippen LogP contribution in [0.2, 0.25) is 5.02 Å². The predicted molar refractivity (Wildman–Crippen MR) is 75.7 cm³/mol. The molecule has 0 fully saturated rings. The van der Waals surface area contributed by atoms with Crippen LogP contribution in [0.3, 0.4) is 0 Å². The van der Waals surface area contributed by atoms with E-state index in [2.05, 4.69) is 19.2 Å². The summed E-state index contributed by atoms with van der Waals surface area (Å²) >= 11 is 6.09. The molecule has 18 heavy (non-hydrogen) atoms. The lowest BCUT2D eigenvalue weighted by atomic mass is 10.1. The van der Waals surface area contributed by atoms with Crippen LogP contribution in [0.25, 0.3) is 0 Å². The van der Waals surface area contributed by atoms with E-state index in [1.165, 1.54) is 6.42 Å². The smallest absolute Gasteiger partial charge is 0.248 e. The molecule has 1 rings (SSSR count). The van der Waals surface area contributed by atoms with E-state index in [0.717, 1.165) is 31.0 Å². The maximum atomic E-state index is 11.0. The van der Waals surface area contributed by atoms with Crippen molar-refractivity contribution in [2.24, 2.45) is 11.7 Å². The minimum atomic E-state index is -0.451. The van der Waals surface area contributed by atoms with Crippen molar-refractivity contribution in [1.29, 1.82) is 0 Å². The monoisotopic (exact) mass is 268 g/mol. The summed E-state index contributed by atoms with van der Waals surface area (Å²) in [6.07, 6.45) is 2.38. The van der Waals surface area contributed by atoms with E-state index in [4.69, 9.17) is 17.3 Å². The number of nitrogens with one attached hydrogen (secondary N) is 1. The molecule has 0 bridgehead atoms. The van der Waals surface area contributed by atoms with Gasteiger partial charge in [0.05, 0.1) is 0 Å². The highest BCUT2D eigenvalue weighted by molar-refractivity contribution is 6.31. The summed E-state index contributed by atoms with van der Waals surface area (Å²) in [7, 11) is 0. The Hall–Kier alpha value is -1.06. The largest absolute Gasteiger partial charge is 0.366 e. The lowest BCUT2D eigenvalue weighted by Crippen LogP contribution is -2.16. The molecule has 0 unspecified atom stereocenters. The summed E-state index contributed by atoms with van der Waals surface area (Å²) in [5, 5.41) is 3.93. The average molecular weight is 269 g/mol. The van der Waals surface area contributed by atoms with Crippen LogP contribution in [-0.4, -0.2) is 12.5 Å². The summed E-state index contributed by atoms with van der Waals surface area (Å²) in [6, 6.07) is 5.17. The third kappa shape index (κ3) is 5.07. The molecule has 0 atom stereocenters. The first-order valence-corrected chi connectivity index (χ1v) is 6.67. The Morgan fingerprint density at radius 1 is 1.44 bits per heavy atom. The second-order valence-corrected chi connectivity index (χ2v) is 5.29. The number of benzene rings is 1. The molecule has 1 amide bonds. The zero-order valence-corrected chi connectivity index (χ0v) is 11.8. The number of primary amides is 1. The van der Waals surface area contributed by atoms with Crippen LogP contribution in [0, 0.1) is 5.92 Å². The molecule has 0 aliphatic rings. The first-order chi connectivity index (χ1) is 8.50. The van der Waals surface area contributed by atoms with Gasteiger partial charge < -0.3 is 11.1 Å². The summed E-state index contributed by atoms with van der Waals surface area (Å²) in [5.74, 6) is 0.290. The Bertz CT molecular complexity index is 405. The van der Waals surface area contributed by atoms with Gasteiger partial charge in [-0.1, -0.05) is 31.5 Å². The maximum Gasteiger partial charge on any atom is 0.248 e. The molecule has 4 heteroatoms. The van der Waals surface area contributed by atoms with Gasteiger partial charge >= 0.3 is 0 Å². The fourth-order valence-electron chi connectivity index (χ4n) is 1.70. The number of hydrogen-bond acceptors (Lipinski definition) is 2. The molecule has 0 spiro atoms. The van der Waals surface area contributed by atoms with Gasteiger partial charge in [-0.15, -0.1) is 0 Å². The fraction of sp³-hybridized carbons (Fsp3) is 0.500. The molecule has 0 heterocycles. The first kappa shape index (κ1) is 15.0. The standard InChI is InChI=1S/C14H21ClN2O/c1-10(2)4-3-7-17-9-12-6-5-11(14(16)18)8-13(12)15/h5-6,8,10,17H,3-4,7,9H2,1-2H3,(H2,16,18). The third-order valence-electron chi connectivity index (χ3n) is 2.79. The SMILES string of the molecule is CC(C)CCCNCc1ccc(C(N)=O)cc1Cl. The molecular formula is C14H21ClN2O. The van der Waals surface area contributed by atoms with Crippen LogP contribution in [0.5, 0.6) is 0 Å². The molecule has 0 aliphatic heterocycles. The van der Waals surface area contributed by atoms with Gasteiger partial charge in [0, 0.05) is 17.1 Å². The van der Waals surface area contributed by atoms with Crippen molar-refractivity contribution < 1.29 is 4.79 Å². The van der Waals surface area contributed by atoms with Crippen LogP contribution in [0.1, 0.15) is 42.6 Å². The molecule has 0 saturated heterocycles. The molecule has 0 aliphatic carbocycles. The molecule has 0 aromatic heterocycles. The van der Waals surface area contributed by atoms with Crippen molar-refractivity contribution in [3.05, 3.63) is 34.3 Å². The second-order valence-electron chi connectivity index (χ2n) is 4.88. The Morgan fingerprint density at radius 2 is 2.17 bits per heavy atom. The number of rotatable bonds is 7. The summed E-state index contributed by atoms with van der Waals surface area (Å²) in [4.78, 5) is 11.0. The van der Waals surface area contributed by atoms with Gasteiger partial charge in [0.1, 0.15) is 0 Å². The van der Waals surface area contributed by atoms with E-state index in [1.807, 2.05) is 6.07 Å². The average Bonchev–Trinajstić information content (AvgIpc) is 2.29. The van der Waals surface area contributed by atoms with Gasteiger partial charge in [-0.05, 0) is 43.0 Å². The van der Waals surface area contributed by atoms with Gasteiger partial charge in [-0.25, -0.2) is 0 Å². The van der Waals surface area contributed by atoms with Gasteiger partial charge in [0.15, 0.2) is 0 Å². The van der Waals surface area contributed by atoms with Crippen LogP contribution in [0.15, 0.2) is 18.2 Å². The number of hydrogen-bond donors (Lipinski definition) is 2. The van der Waals surface area contributed by atoms with Gasteiger partial charge in [0.25, 0.3) is 0 Å². The Balaban J connectivity index is 2.41. The summed E-state index contributed by atoms with van der Waals surface area (Å²) in [6.45, 7) is 6.14. The van der Waals surface area contributed by atoms with Crippen molar-refractivity contribution in [2.75, 3.05) is 6.54 Å². The lowest BCUT2D eigenvalue weighted by Gasteiger charge is -2.08. The normalized spacial score (nSPS) is 10.9. The molecule has 100 valence electrons. The maximum absolute atomic E-state index is 11.0. The quantitative estimate of drug-likeness (QED) is 0.747. The number of carbonyl (C=O) groups excluding carboxylic acids is 1. The zero-order valence-electron chi connectivity index (χ0n) is 11.0. The summed E-state index contributed by atoms with van der Waals surface area (Å²) in [5.41, 5.74) is 6.63. The van der Waals surface area contributed by atoms with E-state index >= 15 is 0 Å². The van der Waals surface area contributed by atoms with Crippen molar-refractivity contribution in [3.8, 4) is 0 Å². The highest BCUT2D eigenvalue weighted by Crippen LogP contribution is 2.17. The number of carbonyl (C=O) groups is 1. The summed E-state index contributed by atoms with van der Waals surface area (Å²) < 4.78 is 0. The van der Waals surface area contributed by atoms with E-state index in [9.17, 15) is 4.79 Å². The molecular weight excluding hydrogens is 248 g/mol. The van der Waals surface area contributed by atoms with Crippen LogP contribution >= 0.6 is 11.6 Å². The van der Waals surface area contributed by atoms with E-state index in [-0.39, 0.29) is 0 Å². The zero-order chi connectivity index (χ0) is 13.5. The third-order valence-corrected chi connectivity index (χ3v) is 3.14. The van der Waals surface area contributed by atoms with Crippen LogP contribution < -0.4 is 11.1 Å². The minimum Gasteiger partial charge on any atom is -0.366 e.